The maximum absolute atomic E-state index is 11.8. The van der Waals surface area contributed by atoms with E-state index in [1.807, 2.05) is 36.0 Å². The van der Waals surface area contributed by atoms with Crippen molar-refractivity contribution in [3.8, 4) is 5.75 Å². The van der Waals surface area contributed by atoms with E-state index in [0.29, 0.717) is 6.54 Å². The van der Waals surface area contributed by atoms with Crippen LogP contribution in [0.1, 0.15) is 16.7 Å². The second-order valence-electron chi connectivity index (χ2n) is 5.44. The SMILES string of the molecule is COc1cccc(/C=C/C(=O)NCCSCc2ccc(C)cc2)c1. The third-order valence-electron chi connectivity index (χ3n) is 3.46. The number of aryl methyl sites for hydroxylation is 1. The maximum atomic E-state index is 11.8. The third-order valence-corrected chi connectivity index (χ3v) is 4.49. The van der Waals surface area contributed by atoms with Crippen LogP contribution < -0.4 is 10.1 Å². The number of methoxy groups -OCH3 is 1. The highest BCUT2D eigenvalue weighted by Crippen LogP contribution is 2.14. The van der Waals surface area contributed by atoms with Gasteiger partial charge >= 0.3 is 0 Å². The van der Waals surface area contributed by atoms with Gasteiger partial charge in [-0.2, -0.15) is 11.8 Å². The van der Waals surface area contributed by atoms with E-state index in [0.717, 1.165) is 22.8 Å². The number of rotatable bonds is 8. The predicted octanol–water partition coefficient (Wildman–Crippen LogP) is 4.07. The summed E-state index contributed by atoms with van der Waals surface area (Å²) in [6.45, 7) is 2.75. The van der Waals surface area contributed by atoms with Crippen LogP contribution in [0.15, 0.2) is 54.6 Å². The van der Waals surface area contributed by atoms with Gasteiger partial charge in [0.1, 0.15) is 5.75 Å². The fraction of sp³-hybridized carbons (Fsp3) is 0.250. The maximum Gasteiger partial charge on any atom is 0.244 e. The van der Waals surface area contributed by atoms with Crippen LogP contribution in [-0.4, -0.2) is 25.3 Å². The molecular weight excluding hydrogens is 318 g/mol. The van der Waals surface area contributed by atoms with Crippen molar-refractivity contribution < 1.29 is 9.53 Å². The van der Waals surface area contributed by atoms with Gasteiger partial charge in [-0.1, -0.05) is 42.0 Å². The summed E-state index contributed by atoms with van der Waals surface area (Å²) in [6, 6.07) is 16.2. The molecule has 4 heteroatoms. The Labute approximate surface area is 148 Å². The number of ether oxygens (including phenoxy) is 1. The number of thioether (sulfide) groups is 1. The first kappa shape index (κ1) is 18.1. The zero-order chi connectivity index (χ0) is 17.2. The fourth-order valence-electron chi connectivity index (χ4n) is 2.10. The van der Waals surface area contributed by atoms with E-state index in [1.165, 1.54) is 11.1 Å². The summed E-state index contributed by atoms with van der Waals surface area (Å²) in [6.07, 6.45) is 3.34. The van der Waals surface area contributed by atoms with Gasteiger partial charge in [0, 0.05) is 24.1 Å². The standard InChI is InChI=1S/C20H23NO2S/c1-16-6-8-18(9-7-16)15-24-13-12-21-20(22)11-10-17-4-3-5-19(14-17)23-2/h3-11,14H,12-13,15H2,1-2H3,(H,21,22)/b11-10+. The van der Waals surface area contributed by atoms with E-state index in [9.17, 15) is 4.79 Å². The molecule has 2 rings (SSSR count). The van der Waals surface area contributed by atoms with E-state index in [2.05, 4.69) is 36.5 Å². The van der Waals surface area contributed by atoms with Crippen molar-refractivity contribution in [1.29, 1.82) is 0 Å². The Morgan fingerprint density at radius 1 is 1.21 bits per heavy atom. The Hall–Kier alpha value is -2.20. The average molecular weight is 341 g/mol. The summed E-state index contributed by atoms with van der Waals surface area (Å²) in [4.78, 5) is 11.8. The van der Waals surface area contributed by atoms with Crippen LogP contribution in [0.5, 0.6) is 5.75 Å². The molecule has 2 aromatic carbocycles. The largest absolute Gasteiger partial charge is 0.497 e. The van der Waals surface area contributed by atoms with Gasteiger partial charge in [-0.25, -0.2) is 0 Å². The molecule has 1 amide bonds. The zero-order valence-electron chi connectivity index (χ0n) is 14.1. The minimum atomic E-state index is -0.0752. The minimum absolute atomic E-state index is 0.0752. The number of nitrogens with one attached hydrogen (secondary N) is 1. The van der Waals surface area contributed by atoms with E-state index in [1.54, 1.807) is 19.3 Å². The van der Waals surface area contributed by atoms with Crippen molar-refractivity contribution in [3.63, 3.8) is 0 Å². The Morgan fingerprint density at radius 2 is 2.00 bits per heavy atom. The van der Waals surface area contributed by atoms with Gasteiger partial charge in [0.2, 0.25) is 5.91 Å². The molecule has 0 saturated carbocycles. The summed E-state index contributed by atoms with van der Waals surface area (Å²) in [5.41, 5.74) is 3.53. The normalized spacial score (nSPS) is 10.8. The quantitative estimate of drug-likeness (QED) is 0.581. The van der Waals surface area contributed by atoms with Gasteiger partial charge < -0.3 is 10.1 Å². The summed E-state index contributed by atoms with van der Waals surface area (Å²) in [5, 5.41) is 2.90. The van der Waals surface area contributed by atoms with Crippen LogP contribution in [0.4, 0.5) is 0 Å². The van der Waals surface area contributed by atoms with Gasteiger partial charge in [-0.05, 0) is 36.3 Å². The molecule has 126 valence electrons. The first-order valence-electron chi connectivity index (χ1n) is 7.90. The van der Waals surface area contributed by atoms with Crippen molar-refractivity contribution in [1.82, 2.24) is 5.32 Å². The monoisotopic (exact) mass is 341 g/mol. The van der Waals surface area contributed by atoms with Crippen molar-refractivity contribution in [2.24, 2.45) is 0 Å². The summed E-state index contributed by atoms with van der Waals surface area (Å²) in [5.74, 6) is 2.57. The van der Waals surface area contributed by atoms with E-state index < -0.39 is 0 Å². The second-order valence-corrected chi connectivity index (χ2v) is 6.54. The molecule has 0 spiro atoms. The molecule has 0 unspecified atom stereocenters. The van der Waals surface area contributed by atoms with E-state index >= 15 is 0 Å². The summed E-state index contributed by atoms with van der Waals surface area (Å²) < 4.78 is 5.16. The molecule has 0 saturated heterocycles. The molecule has 0 fully saturated rings. The molecule has 0 bridgehead atoms. The molecular formula is C20H23NO2S. The van der Waals surface area contributed by atoms with Crippen molar-refractivity contribution in [2.75, 3.05) is 19.4 Å². The van der Waals surface area contributed by atoms with Crippen LogP contribution >= 0.6 is 11.8 Å². The van der Waals surface area contributed by atoms with Crippen LogP contribution in [0, 0.1) is 6.92 Å². The Bertz CT molecular complexity index is 680. The molecule has 24 heavy (non-hydrogen) atoms. The lowest BCUT2D eigenvalue weighted by Crippen LogP contribution is -2.23. The number of amides is 1. The number of carbonyl (C=O) groups is 1. The molecule has 0 aliphatic carbocycles. The minimum Gasteiger partial charge on any atom is -0.497 e. The lowest BCUT2D eigenvalue weighted by molar-refractivity contribution is -0.116. The Morgan fingerprint density at radius 3 is 2.75 bits per heavy atom. The molecule has 0 atom stereocenters. The number of carbonyl (C=O) groups excluding carboxylic acids is 1. The summed E-state index contributed by atoms with van der Waals surface area (Å²) in [7, 11) is 1.63. The lowest BCUT2D eigenvalue weighted by Gasteiger charge is -2.04. The van der Waals surface area contributed by atoms with Crippen LogP contribution in [0.3, 0.4) is 0 Å². The van der Waals surface area contributed by atoms with E-state index in [-0.39, 0.29) is 5.91 Å². The topological polar surface area (TPSA) is 38.3 Å². The number of benzene rings is 2. The van der Waals surface area contributed by atoms with E-state index in [4.69, 9.17) is 4.74 Å². The Balaban J connectivity index is 1.65. The second kappa shape index (κ2) is 9.83. The van der Waals surface area contributed by atoms with Gasteiger partial charge in [-0.3, -0.25) is 4.79 Å². The van der Waals surface area contributed by atoms with Crippen LogP contribution in [0.25, 0.3) is 6.08 Å². The summed E-state index contributed by atoms with van der Waals surface area (Å²) >= 11 is 1.82. The first-order chi connectivity index (χ1) is 11.7. The van der Waals surface area contributed by atoms with Crippen molar-refractivity contribution >= 4 is 23.7 Å². The highest BCUT2D eigenvalue weighted by molar-refractivity contribution is 7.98. The molecule has 2 aromatic rings. The molecule has 1 N–H and O–H groups in total. The lowest BCUT2D eigenvalue weighted by atomic mass is 10.2. The third kappa shape index (κ3) is 6.50. The molecule has 0 aliphatic rings. The fourth-order valence-corrected chi connectivity index (χ4v) is 2.92. The molecule has 0 heterocycles. The van der Waals surface area contributed by atoms with Crippen LogP contribution in [0.2, 0.25) is 0 Å². The molecule has 3 nitrogen and oxygen atoms in total. The van der Waals surface area contributed by atoms with Crippen LogP contribution in [-0.2, 0) is 10.5 Å². The number of hydrogen-bond donors (Lipinski definition) is 1. The zero-order valence-corrected chi connectivity index (χ0v) is 14.9. The van der Waals surface area contributed by atoms with Gasteiger partial charge in [0.05, 0.1) is 7.11 Å². The molecule has 0 radical (unpaired) electrons. The van der Waals surface area contributed by atoms with Gasteiger partial charge in [-0.15, -0.1) is 0 Å². The van der Waals surface area contributed by atoms with Gasteiger partial charge in [0.15, 0.2) is 0 Å². The highest BCUT2D eigenvalue weighted by atomic mass is 32.2. The highest BCUT2D eigenvalue weighted by Gasteiger charge is 1.97. The van der Waals surface area contributed by atoms with Crippen molar-refractivity contribution in [2.45, 2.75) is 12.7 Å². The molecule has 0 aliphatic heterocycles. The average Bonchev–Trinajstić information content (AvgIpc) is 2.61. The predicted molar refractivity (Wildman–Crippen MR) is 102 cm³/mol. The molecule has 0 aromatic heterocycles. The Kier molecular flexibility index (Phi) is 7.43. The van der Waals surface area contributed by atoms with Gasteiger partial charge in [0.25, 0.3) is 0 Å². The van der Waals surface area contributed by atoms with Crippen molar-refractivity contribution in [3.05, 3.63) is 71.3 Å². The number of hydrogen-bond acceptors (Lipinski definition) is 3. The first-order valence-corrected chi connectivity index (χ1v) is 9.06. The smallest absolute Gasteiger partial charge is 0.244 e.